The van der Waals surface area contributed by atoms with Crippen molar-refractivity contribution in [2.24, 2.45) is 5.92 Å². The zero-order chi connectivity index (χ0) is 13.1. The molecule has 2 rings (SSSR count). The Morgan fingerprint density at radius 2 is 2.00 bits per heavy atom. The number of rotatable bonds is 7. The molecule has 1 saturated carbocycles. The van der Waals surface area contributed by atoms with E-state index >= 15 is 0 Å². The van der Waals surface area contributed by atoms with E-state index in [-0.39, 0.29) is 0 Å². The second-order valence-electron chi connectivity index (χ2n) is 5.50. The minimum Gasteiger partial charge on any atom is -0.314 e. The third-order valence-electron chi connectivity index (χ3n) is 3.89. The van der Waals surface area contributed by atoms with Crippen LogP contribution in [-0.2, 0) is 12.8 Å². The molecule has 18 heavy (non-hydrogen) atoms. The van der Waals surface area contributed by atoms with Crippen molar-refractivity contribution in [3.05, 3.63) is 11.6 Å². The molecule has 1 fully saturated rings. The van der Waals surface area contributed by atoms with Crippen LogP contribution in [0.5, 0.6) is 0 Å². The van der Waals surface area contributed by atoms with Gasteiger partial charge in [0, 0.05) is 18.9 Å². The fourth-order valence-electron chi connectivity index (χ4n) is 2.17. The summed E-state index contributed by atoms with van der Waals surface area (Å²) in [5, 5.41) is 8.24. The summed E-state index contributed by atoms with van der Waals surface area (Å²) in [7, 11) is 0. The molecule has 0 aliphatic heterocycles. The van der Waals surface area contributed by atoms with Gasteiger partial charge in [0.15, 0.2) is 5.82 Å². The summed E-state index contributed by atoms with van der Waals surface area (Å²) in [5.41, 5.74) is 0. The summed E-state index contributed by atoms with van der Waals surface area (Å²) < 4.78 is 2.14. The molecule has 1 aliphatic rings. The van der Waals surface area contributed by atoms with Gasteiger partial charge >= 0.3 is 0 Å². The van der Waals surface area contributed by atoms with Crippen LogP contribution in [0.1, 0.15) is 58.2 Å². The highest BCUT2D eigenvalue weighted by Gasteiger charge is 2.24. The Hall–Kier alpha value is -0.900. The Balaban J connectivity index is 2.00. The summed E-state index contributed by atoms with van der Waals surface area (Å²) in [6, 6.07) is 1.20. The largest absolute Gasteiger partial charge is 0.314 e. The number of aromatic nitrogens is 3. The quantitative estimate of drug-likeness (QED) is 0.808. The second kappa shape index (κ2) is 5.83. The third kappa shape index (κ3) is 3.10. The van der Waals surface area contributed by atoms with Gasteiger partial charge in [0.2, 0.25) is 0 Å². The van der Waals surface area contributed by atoms with Gasteiger partial charge in [-0.25, -0.2) is 9.67 Å². The maximum absolute atomic E-state index is 4.64. The summed E-state index contributed by atoms with van der Waals surface area (Å²) in [5.74, 6) is 2.68. The lowest BCUT2D eigenvalue weighted by atomic mass is 10.0. The Morgan fingerprint density at radius 1 is 1.28 bits per heavy atom. The highest BCUT2D eigenvalue weighted by atomic mass is 15.4. The molecule has 2 atom stereocenters. The summed E-state index contributed by atoms with van der Waals surface area (Å²) in [6.07, 6.45) is 4.58. The third-order valence-corrected chi connectivity index (χ3v) is 3.89. The average Bonchev–Trinajstić information content (AvgIpc) is 3.12. The van der Waals surface area contributed by atoms with E-state index in [4.69, 9.17) is 0 Å². The van der Waals surface area contributed by atoms with Crippen LogP contribution in [0.25, 0.3) is 0 Å². The van der Waals surface area contributed by atoms with Gasteiger partial charge in [-0.3, -0.25) is 0 Å². The molecule has 0 saturated heterocycles. The number of nitrogens with one attached hydrogen (secondary N) is 1. The molecular formula is C14H26N4. The predicted octanol–water partition coefficient (Wildman–Crippen LogP) is 2.35. The molecule has 1 aromatic rings. The Morgan fingerprint density at radius 3 is 2.56 bits per heavy atom. The van der Waals surface area contributed by atoms with Gasteiger partial charge in [0.25, 0.3) is 0 Å². The van der Waals surface area contributed by atoms with Crippen LogP contribution in [0.3, 0.4) is 0 Å². The lowest BCUT2D eigenvalue weighted by Crippen LogP contribution is -2.29. The zero-order valence-corrected chi connectivity index (χ0v) is 12.1. The first-order chi connectivity index (χ1) is 8.65. The molecule has 1 N–H and O–H groups in total. The maximum Gasteiger partial charge on any atom is 0.150 e. The molecule has 4 heteroatoms. The van der Waals surface area contributed by atoms with Crippen molar-refractivity contribution < 1.29 is 0 Å². The van der Waals surface area contributed by atoms with Gasteiger partial charge < -0.3 is 5.32 Å². The topological polar surface area (TPSA) is 42.7 Å². The van der Waals surface area contributed by atoms with E-state index in [0.717, 1.165) is 37.1 Å². The molecular weight excluding hydrogens is 224 g/mol. The van der Waals surface area contributed by atoms with Crippen LogP contribution >= 0.6 is 0 Å². The van der Waals surface area contributed by atoms with E-state index in [1.807, 2.05) is 0 Å². The lowest BCUT2D eigenvalue weighted by Gasteiger charge is -2.22. The van der Waals surface area contributed by atoms with Crippen molar-refractivity contribution in [2.45, 2.75) is 65.5 Å². The summed E-state index contributed by atoms with van der Waals surface area (Å²) in [6.45, 7) is 9.90. The van der Waals surface area contributed by atoms with Crippen LogP contribution in [0.15, 0.2) is 0 Å². The van der Waals surface area contributed by atoms with Crippen molar-refractivity contribution in [1.82, 2.24) is 20.1 Å². The van der Waals surface area contributed by atoms with E-state index in [2.05, 4.69) is 47.8 Å². The fourth-order valence-corrected chi connectivity index (χ4v) is 2.17. The number of aryl methyl sites for hydroxylation is 2. The second-order valence-corrected chi connectivity index (χ2v) is 5.50. The van der Waals surface area contributed by atoms with Gasteiger partial charge in [-0.1, -0.05) is 20.8 Å². The molecule has 2 unspecified atom stereocenters. The standard InChI is InChI=1S/C14H26N4/c1-5-13-16-14(6-2)18(17-13)11(4)10(3)9-15-12-7-8-12/h10-12,15H,5-9H2,1-4H3. The highest BCUT2D eigenvalue weighted by Crippen LogP contribution is 2.22. The van der Waals surface area contributed by atoms with Crippen LogP contribution < -0.4 is 5.32 Å². The molecule has 0 radical (unpaired) electrons. The van der Waals surface area contributed by atoms with Crippen LogP contribution in [-0.4, -0.2) is 27.4 Å². The number of nitrogens with zero attached hydrogens (tertiary/aromatic N) is 3. The Kier molecular flexibility index (Phi) is 4.38. The lowest BCUT2D eigenvalue weighted by molar-refractivity contribution is 0.327. The first kappa shape index (κ1) is 13.5. The Labute approximate surface area is 110 Å². The van der Waals surface area contributed by atoms with E-state index in [1.54, 1.807) is 0 Å². The SMILES string of the molecule is CCc1nc(CC)n(C(C)C(C)CNC2CC2)n1. The molecule has 1 aromatic heterocycles. The van der Waals surface area contributed by atoms with Crippen molar-refractivity contribution in [2.75, 3.05) is 6.54 Å². The van der Waals surface area contributed by atoms with Crippen molar-refractivity contribution in [3.63, 3.8) is 0 Å². The molecule has 4 nitrogen and oxygen atoms in total. The molecule has 1 heterocycles. The van der Waals surface area contributed by atoms with Gasteiger partial charge in [-0.2, -0.15) is 5.10 Å². The van der Waals surface area contributed by atoms with Gasteiger partial charge in [0.05, 0.1) is 6.04 Å². The van der Waals surface area contributed by atoms with Crippen LogP contribution in [0.4, 0.5) is 0 Å². The first-order valence-corrected chi connectivity index (χ1v) is 7.33. The van der Waals surface area contributed by atoms with Crippen molar-refractivity contribution in [3.8, 4) is 0 Å². The first-order valence-electron chi connectivity index (χ1n) is 7.33. The monoisotopic (exact) mass is 250 g/mol. The van der Waals surface area contributed by atoms with Gasteiger partial charge in [-0.05, 0) is 32.2 Å². The van der Waals surface area contributed by atoms with E-state index in [0.29, 0.717) is 12.0 Å². The van der Waals surface area contributed by atoms with Crippen molar-refractivity contribution >= 4 is 0 Å². The number of hydrogen-bond acceptors (Lipinski definition) is 3. The highest BCUT2D eigenvalue weighted by molar-refractivity contribution is 4.95. The molecule has 0 amide bonds. The molecule has 102 valence electrons. The normalized spacial score (nSPS) is 18.9. The van der Waals surface area contributed by atoms with E-state index < -0.39 is 0 Å². The van der Waals surface area contributed by atoms with Crippen LogP contribution in [0.2, 0.25) is 0 Å². The summed E-state index contributed by atoms with van der Waals surface area (Å²) >= 11 is 0. The van der Waals surface area contributed by atoms with Crippen molar-refractivity contribution in [1.29, 1.82) is 0 Å². The molecule has 0 spiro atoms. The van der Waals surface area contributed by atoms with Gasteiger partial charge in [-0.15, -0.1) is 0 Å². The van der Waals surface area contributed by atoms with E-state index in [1.165, 1.54) is 12.8 Å². The smallest absolute Gasteiger partial charge is 0.150 e. The van der Waals surface area contributed by atoms with Crippen LogP contribution in [0, 0.1) is 5.92 Å². The molecule has 1 aliphatic carbocycles. The predicted molar refractivity (Wildman–Crippen MR) is 73.7 cm³/mol. The maximum atomic E-state index is 4.64. The number of hydrogen-bond donors (Lipinski definition) is 1. The average molecular weight is 250 g/mol. The fraction of sp³-hybridized carbons (Fsp3) is 0.857. The van der Waals surface area contributed by atoms with Gasteiger partial charge in [0.1, 0.15) is 5.82 Å². The molecule has 0 aromatic carbocycles. The summed E-state index contributed by atoms with van der Waals surface area (Å²) in [4.78, 5) is 4.59. The Bertz CT molecular complexity index is 381. The zero-order valence-electron chi connectivity index (χ0n) is 12.1. The minimum atomic E-state index is 0.416. The minimum absolute atomic E-state index is 0.416. The van der Waals surface area contributed by atoms with E-state index in [9.17, 15) is 0 Å². The molecule has 0 bridgehead atoms.